The molecule has 0 radical (unpaired) electrons. The number of likely N-dealkylation sites (tertiary alicyclic amines) is 1. The zero-order valence-corrected chi connectivity index (χ0v) is 12.8. The van der Waals surface area contributed by atoms with E-state index in [1.165, 1.54) is 18.4 Å². The molecule has 0 aromatic heterocycles. The molecule has 1 aliphatic carbocycles. The Morgan fingerprint density at radius 1 is 1.38 bits per heavy atom. The Hall–Kier alpha value is -1.26. The highest BCUT2D eigenvalue weighted by atomic mass is 16.5. The molecule has 21 heavy (non-hydrogen) atoms. The van der Waals surface area contributed by atoms with Crippen molar-refractivity contribution in [1.29, 1.82) is 0 Å². The SMILES string of the molecule is COc1cc(N)ccc1CN1CCC2(O)CCCCC2C1. The number of rotatable bonds is 3. The molecule has 116 valence electrons. The van der Waals surface area contributed by atoms with E-state index in [0.29, 0.717) is 5.92 Å². The summed E-state index contributed by atoms with van der Waals surface area (Å²) in [6.45, 7) is 2.82. The van der Waals surface area contributed by atoms with Gasteiger partial charge in [-0.25, -0.2) is 0 Å². The Bertz CT molecular complexity index is 506. The van der Waals surface area contributed by atoms with Gasteiger partial charge < -0.3 is 15.6 Å². The zero-order valence-electron chi connectivity index (χ0n) is 12.8. The lowest BCUT2D eigenvalue weighted by Gasteiger charge is -2.47. The first-order chi connectivity index (χ1) is 10.1. The fourth-order valence-corrected chi connectivity index (χ4v) is 3.92. The van der Waals surface area contributed by atoms with E-state index in [0.717, 1.165) is 50.3 Å². The molecule has 0 spiro atoms. The van der Waals surface area contributed by atoms with Gasteiger partial charge in [-0.3, -0.25) is 4.90 Å². The fourth-order valence-electron chi connectivity index (χ4n) is 3.92. The van der Waals surface area contributed by atoms with Gasteiger partial charge in [0.15, 0.2) is 0 Å². The molecular formula is C17H26N2O2. The average molecular weight is 290 g/mol. The van der Waals surface area contributed by atoms with Gasteiger partial charge in [0, 0.05) is 42.9 Å². The maximum absolute atomic E-state index is 10.7. The van der Waals surface area contributed by atoms with E-state index in [9.17, 15) is 5.11 Å². The number of anilines is 1. The van der Waals surface area contributed by atoms with Gasteiger partial charge in [-0.15, -0.1) is 0 Å². The lowest BCUT2D eigenvalue weighted by molar-refractivity contribution is -0.0968. The van der Waals surface area contributed by atoms with Crippen LogP contribution in [0.25, 0.3) is 0 Å². The van der Waals surface area contributed by atoms with E-state index in [-0.39, 0.29) is 0 Å². The van der Waals surface area contributed by atoms with Crippen molar-refractivity contribution in [3.63, 3.8) is 0 Å². The van der Waals surface area contributed by atoms with Gasteiger partial charge in [0.1, 0.15) is 5.75 Å². The summed E-state index contributed by atoms with van der Waals surface area (Å²) in [7, 11) is 1.69. The fraction of sp³-hybridized carbons (Fsp3) is 0.647. The Labute approximate surface area is 126 Å². The molecule has 2 aliphatic rings. The number of methoxy groups -OCH3 is 1. The second-order valence-corrected chi connectivity index (χ2v) is 6.60. The van der Waals surface area contributed by atoms with Crippen LogP contribution in [0.5, 0.6) is 5.75 Å². The summed E-state index contributed by atoms with van der Waals surface area (Å²) < 4.78 is 5.44. The molecule has 3 N–H and O–H groups in total. The first-order valence-electron chi connectivity index (χ1n) is 7.98. The van der Waals surface area contributed by atoms with E-state index in [2.05, 4.69) is 11.0 Å². The summed E-state index contributed by atoms with van der Waals surface area (Å²) in [5, 5.41) is 10.7. The standard InChI is InChI=1S/C17H26N2O2/c1-21-16-10-15(18)6-5-13(16)11-19-9-8-17(20)7-3-2-4-14(17)12-19/h5-6,10,14,20H,2-4,7-9,11-12,18H2,1H3. The highest BCUT2D eigenvalue weighted by Crippen LogP contribution is 2.40. The number of hydrogen-bond acceptors (Lipinski definition) is 4. The monoisotopic (exact) mass is 290 g/mol. The number of aliphatic hydroxyl groups is 1. The third-order valence-electron chi connectivity index (χ3n) is 5.22. The van der Waals surface area contributed by atoms with E-state index >= 15 is 0 Å². The summed E-state index contributed by atoms with van der Waals surface area (Å²) in [4.78, 5) is 2.44. The number of nitrogens with two attached hydrogens (primary N) is 1. The maximum Gasteiger partial charge on any atom is 0.125 e. The van der Waals surface area contributed by atoms with Crippen LogP contribution in [-0.2, 0) is 6.54 Å². The van der Waals surface area contributed by atoms with Crippen molar-refractivity contribution in [3.05, 3.63) is 23.8 Å². The molecule has 4 heteroatoms. The summed E-state index contributed by atoms with van der Waals surface area (Å²) in [5.74, 6) is 1.29. The minimum Gasteiger partial charge on any atom is -0.496 e. The smallest absolute Gasteiger partial charge is 0.125 e. The highest BCUT2D eigenvalue weighted by Gasteiger charge is 2.42. The van der Waals surface area contributed by atoms with Crippen LogP contribution in [0.3, 0.4) is 0 Å². The quantitative estimate of drug-likeness (QED) is 0.839. The van der Waals surface area contributed by atoms with Gasteiger partial charge in [-0.2, -0.15) is 0 Å². The van der Waals surface area contributed by atoms with Crippen LogP contribution in [0, 0.1) is 5.92 Å². The Kier molecular flexibility index (Phi) is 4.09. The minimum atomic E-state index is -0.403. The van der Waals surface area contributed by atoms with Crippen molar-refractivity contribution in [1.82, 2.24) is 4.90 Å². The molecule has 2 unspecified atom stereocenters. The Morgan fingerprint density at radius 3 is 3.05 bits per heavy atom. The third kappa shape index (κ3) is 3.01. The van der Waals surface area contributed by atoms with Crippen molar-refractivity contribution >= 4 is 5.69 Å². The number of nitrogens with zero attached hydrogens (tertiary/aromatic N) is 1. The van der Waals surface area contributed by atoms with Gasteiger partial charge in [0.2, 0.25) is 0 Å². The second kappa shape index (κ2) is 5.85. The van der Waals surface area contributed by atoms with Gasteiger partial charge >= 0.3 is 0 Å². The Balaban J connectivity index is 1.69. The maximum atomic E-state index is 10.7. The molecule has 4 nitrogen and oxygen atoms in total. The first-order valence-corrected chi connectivity index (χ1v) is 7.98. The number of piperidine rings is 1. The van der Waals surface area contributed by atoms with Crippen LogP contribution in [0.2, 0.25) is 0 Å². The topological polar surface area (TPSA) is 58.7 Å². The van der Waals surface area contributed by atoms with E-state index in [1.807, 2.05) is 12.1 Å². The molecular weight excluding hydrogens is 264 g/mol. The lowest BCUT2D eigenvalue weighted by Crippen LogP contribution is -2.52. The average Bonchev–Trinajstić information content (AvgIpc) is 2.49. The normalized spacial score (nSPS) is 29.9. The van der Waals surface area contributed by atoms with Crippen molar-refractivity contribution in [2.75, 3.05) is 25.9 Å². The van der Waals surface area contributed by atoms with E-state index in [1.54, 1.807) is 7.11 Å². The van der Waals surface area contributed by atoms with Gasteiger partial charge in [0.05, 0.1) is 12.7 Å². The number of benzene rings is 1. The molecule has 3 rings (SSSR count). The van der Waals surface area contributed by atoms with Crippen molar-refractivity contribution in [2.45, 2.75) is 44.2 Å². The zero-order chi connectivity index (χ0) is 14.9. The molecule has 1 aromatic rings. The van der Waals surface area contributed by atoms with Crippen molar-refractivity contribution < 1.29 is 9.84 Å². The van der Waals surface area contributed by atoms with E-state index in [4.69, 9.17) is 10.5 Å². The molecule has 2 atom stereocenters. The number of fused-ring (bicyclic) bond motifs is 1. The minimum absolute atomic E-state index is 0.403. The summed E-state index contributed by atoms with van der Waals surface area (Å²) >= 11 is 0. The van der Waals surface area contributed by atoms with Gasteiger partial charge in [-0.05, 0) is 25.3 Å². The summed E-state index contributed by atoms with van der Waals surface area (Å²) in [6.07, 6.45) is 5.47. The van der Waals surface area contributed by atoms with Crippen LogP contribution in [0.4, 0.5) is 5.69 Å². The predicted octanol–water partition coefficient (Wildman–Crippen LogP) is 2.40. The summed E-state index contributed by atoms with van der Waals surface area (Å²) in [6, 6.07) is 5.87. The largest absolute Gasteiger partial charge is 0.496 e. The summed E-state index contributed by atoms with van der Waals surface area (Å²) in [5.41, 5.74) is 7.32. The van der Waals surface area contributed by atoms with Gasteiger partial charge in [0.25, 0.3) is 0 Å². The molecule has 1 saturated heterocycles. The third-order valence-corrected chi connectivity index (χ3v) is 5.22. The molecule has 1 aromatic carbocycles. The molecule has 0 amide bonds. The molecule has 1 aliphatic heterocycles. The number of ether oxygens (including phenoxy) is 1. The van der Waals surface area contributed by atoms with Crippen LogP contribution < -0.4 is 10.5 Å². The molecule has 2 fully saturated rings. The van der Waals surface area contributed by atoms with E-state index < -0.39 is 5.60 Å². The number of hydrogen-bond donors (Lipinski definition) is 2. The van der Waals surface area contributed by atoms with Crippen molar-refractivity contribution in [3.8, 4) is 5.75 Å². The van der Waals surface area contributed by atoms with Crippen LogP contribution in [0.15, 0.2) is 18.2 Å². The van der Waals surface area contributed by atoms with Crippen LogP contribution in [-0.4, -0.2) is 35.8 Å². The van der Waals surface area contributed by atoms with Crippen LogP contribution >= 0.6 is 0 Å². The lowest BCUT2D eigenvalue weighted by atomic mass is 9.71. The second-order valence-electron chi connectivity index (χ2n) is 6.60. The van der Waals surface area contributed by atoms with Crippen LogP contribution in [0.1, 0.15) is 37.7 Å². The predicted molar refractivity (Wildman–Crippen MR) is 84.2 cm³/mol. The van der Waals surface area contributed by atoms with Gasteiger partial charge in [-0.1, -0.05) is 18.9 Å². The molecule has 1 heterocycles. The van der Waals surface area contributed by atoms with Crippen molar-refractivity contribution in [2.24, 2.45) is 5.92 Å². The molecule has 1 saturated carbocycles. The molecule has 0 bridgehead atoms. The highest BCUT2D eigenvalue weighted by molar-refractivity contribution is 5.48. The number of nitrogen functional groups attached to an aromatic ring is 1. The first kappa shape index (κ1) is 14.7. The Morgan fingerprint density at radius 2 is 2.24 bits per heavy atom.